The van der Waals surface area contributed by atoms with Gasteiger partial charge in [0.25, 0.3) is 0 Å². The first-order valence-electron chi connectivity index (χ1n) is 8.12. The molecule has 0 fully saturated rings. The first kappa shape index (κ1) is 23.1. The number of carbonyl (C=O) groups excluding carboxylic acids is 2. The predicted molar refractivity (Wildman–Crippen MR) is 95.5 cm³/mol. The number of aliphatic carboxylic acids is 1. The van der Waals surface area contributed by atoms with Crippen molar-refractivity contribution in [1.29, 1.82) is 0 Å². The van der Waals surface area contributed by atoms with E-state index >= 15 is 0 Å². The van der Waals surface area contributed by atoms with Crippen molar-refractivity contribution in [2.75, 3.05) is 18.0 Å². The van der Waals surface area contributed by atoms with E-state index in [4.69, 9.17) is 5.11 Å². The van der Waals surface area contributed by atoms with Crippen molar-refractivity contribution in [3.05, 3.63) is 29.8 Å². The minimum atomic E-state index is -4.79. The molecule has 1 aromatic carbocycles. The molecule has 1 rings (SSSR count). The Labute approximate surface area is 161 Å². The summed E-state index contributed by atoms with van der Waals surface area (Å²) < 4.78 is 49.1. The lowest BCUT2D eigenvalue weighted by Crippen LogP contribution is -2.46. The van der Waals surface area contributed by atoms with E-state index in [0.29, 0.717) is 10.7 Å². The third-order valence-electron chi connectivity index (χ3n) is 3.35. The van der Waals surface area contributed by atoms with Gasteiger partial charge in [0.15, 0.2) is 0 Å². The number of benzene rings is 1. The molecule has 0 saturated carbocycles. The number of nitrogens with zero attached hydrogens (tertiary/aromatic N) is 1. The van der Waals surface area contributed by atoms with Crippen molar-refractivity contribution in [3.63, 3.8) is 0 Å². The summed E-state index contributed by atoms with van der Waals surface area (Å²) in [5, 5.41) is 9.08. The van der Waals surface area contributed by atoms with Gasteiger partial charge in [-0.15, -0.1) is 0 Å². The molecule has 10 nitrogen and oxygen atoms in total. The Hall–Kier alpha value is -2.89. The summed E-state index contributed by atoms with van der Waals surface area (Å²) in [4.78, 5) is 34.4. The highest BCUT2D eigenvalue weighted by molar-refractivity contribution is 7.91. The number of alkyl halides is 1. The summed E-state index contributed by atoms with van der Waals surface area (Å²) in [7, 11) is -3.65. The topological polar surface area (TPSA) is 139 Å². The predicted octanol–water partition coefficient (Wildman–Crippen LogP) is 1.36. The molecule has 0 aromatic heterocycles. The third kappa shape index (κ3) is 7.02. The smallest absolute Gasteiger partial charge is 0.424 e. The molecule has 0 saturated heterocycles. The van der Waals surface area contributed by atoms with Crippen molar-refractivity contribution in [2.45, 2.75) is 32.5 Å². The minimum absolute atomic E-state index is 0.131. The summed E-state index contributed by atoms with van der Waals surface area (Å²) in [6, 6.07) is 5.57. The number of hydrogen-bond acceptors (Lipinski definition) is 7. The molecule has 0 aliphatic heterocycles. The number of amides is 1. The van der Waals surface area contributed by atoms with Crippen LogP contribution in [0.1, 0.15) is 25.3 Å². The molecule has 2 N–H and O–H groups in total. The number of ether oxygens (including phenoxy) is 2. The standard InChI is InChI=1S/C16H21FN2O8S/c1-3-6-13(17)27-16(23)18-28(24,25)19(10-14(20)21)12-8-5-4-7-11(12)9-15(22)26-2/h4-5,7-8,13H,3,6,9-10H2,1-2H3,(H,18,23)(H,20,21). The number of esters is 1. The Balaban J connectivity index is 3.19. The van der Waals surface area contributed by atoms with Crippen molar-refractivity contribution < 1.29 is 41.8 Å². The van der Waals surface area contributed by atoms with Crippen molar-refractivity contribution in [2.24, 2.45) is 0 Å². The minimum Gasteiger partial charge on any atom is -0.480 e. The van der Waals surface area contributed by atoms with Gasteiger partial charge < -0.3 is 14.6 Å². The van der Waals surface area contributed by atoms with Crippen LogP contribution in [0.5, 0.6) is 0 Å². The van der Waals surface area contributed by atoms with E-state index in [1.165, 1.54) is 29.0 Å². The fraction of sp³-hybridized carbons (Fsp3) is 0.438. The lowest BCUT2D eigenvalue weighted by atomic mass is 10.1. The van der Waals surface area contributed by atoms with E-state index in [1.807, 2.05) is 0 Å². The molecule has 1 amide bonds. The van der Waals surface area contributed by atoms with Crippen LogP contribution in [0.15, 0.2) is 24.3 Å². The number of rotatable bonds is 10. The van der Waals surface area contributed by atoms with Gasteiger partial charge in [-0.2, -0.15) is 8.42 Å². The van der Waals surface area contributed by atoms with Gasteiger partial charge in [0.2, 0.25) is 6.36 Å². The second-order valence-electron chi connectivity index (χ2n) is 5.49. The summed E-state index contributed by atoms with van der Waals surface area (Å²) >= 11 is 0. The SMILES string of the molecule is CCCC(F)OC(=O)NS(=O)(=O)N(CC(=O)O)c1ccccc1CC(=O)OC. The van der Waals surface area contributed by atoms with Crippen LogP contribution in [-0.4, -0.2) is 51.6 Å². The van der Waals surface area contributed by atoms with Gasteiger partial charge in [-0.25, -0.2) is 18.2 Å². The molecule has 0 spiro atoms. The Kier molecular flexibility index (Phi) is 8.64. The third-order valence-corrected chi connectivity index (χ3v) is 4.69. The number of methoxy groups -OCH3 is 1. The number of nitrogens with one attached hydrogen (secondary N) is 1. The zero-order chi connectivity index (χ0) is 21.3. The van der Waals surface area contributed by atoms with E-state index in [0.717, 1.165) is 7.11 Å². The number of hydrogen-bond donors (Lipinski definition) is 2. The number of carbonyl (C=O) groups is 3. The maximum atomic E-state index is 13.4. The molecule has 0 bridgehead atoms. The average molecular weight is 420 g/mol. The molecule has 1 atom stereocenters. The molecule has 1 unspecified atom stereocenters. The Bertz CT molecular complexity index is 815. The molecule has 12 heteroatoms. The van der Waals surface area contributed by atoms with Crippen LogP contribution in [-0.2, 0) is 35.7 Å². The van der Waals surface area contributed by atoms with Gasteiger partial charge in [0.05, 0.1) is 19.2 Å². The maximum Gasteiger partial charge on any atom is 0.424 e. The highest BCUT2D eigenvalue weighted by Gasteiger charge is 2.30. The average Bonchev–Trinajstić information content (AvgIpc) is 2.59. The number of carboxylic acid groups (broad SMARTS) is 1. The lowest BCUT2D eigenvalue weighted by Gasteiger charge is -2.24. The monoisotopic (exact) mass is 420 g/mol. The van der Waals surface area contributed by atoms with Crippen molar-refractivity contribution >= 4 is 33.9 Å². The Morgan fingerprint density at radius 1 is 1.29 bits per heavy atom. The first-order valence-corrected chi connectivity index (χ1v) is 9.56. The highest BCUT2D eigenvalue weighted by atomic mass is 32.2. The van der Waals surface area contributed by atoms with Crippen LogP contribution in [0.25, 0.3) is 0 Å². The number of para-hydroxylation sites is 1. The molecule has 156 valence electrons. The molecule has 0 radical (unpaired) electrons. The largest absolute Gasteiger partial charge is 0.480 e. The number of anilines is 1. The summed E-state index contributed by atoms with van der Waals surface area (Å²) in [5.74, 6) is -2.21. The van der Waals surface area contributed by atoms with Crippen LogP contribution >= 0.6 is 0 Å². The molecular weight excluding hydrogens is 399 g/mol. The van der Waals surface area contributed by atoms with Gasteiger partial charge in [0.1, 0.15) is 6.54 Å². The van der Waals surface area contributed by atoms with Crippen molar-refractivity contribution in [3.8, 4) is 0 Å². The maximum absolute atomic E-state index is 13.4. The zero-order valence-corrected chi connectivity index (χ0v) is 16.1. The molecule has 0 aliphatic rings. The number of halogens is 1. The van der Waals surface area contributed by atoms with E-state index in [2.05, 4.69) is 9.47 Å². The van der Waals surface area contributed by atoms with E-state index in [1.54, 1.807) is 6.92 Å². The summed E-state index contributed by atoms with van der Waals surface area (Å²) in [5.41, 5.74) is -0.0235. The fourth-order valence-electron chi connectivity index (χ4n) is 2.14. The van der Waals surface area contributed by atoms with E-state index in [9.17, 15) is 27.2 Å². The van der Waals surface area contributed by atoms with Gasteiger partial charge in [-0.1, -0.05) is 25.1 Å². The summed E-state index contributed by atoms with van der Waals surface area (Å²) in [6.45, 7) is 0.576. The zero-order valence-electron chi connectivity index (χ0n) is 15.3. The second kappa shape index (κ2) is 10.4. The Morgan fingerprint density at radius 2 is 1.93 bits per heavy atom. The van der Waals surface area contributed by atoms with Crippen LogP contribution in [0.2, 0.25) is 0 Å². The molecule has 1 aromatic rings. The first-order chi connectivity index (χ1) is 13.1. The van der Waals surface area contributed by atoms with Gasteiger partial charge >= 0.3 is 28.2 Å². The summed E-state index contributed by atoms with van der Waals surface area (Å²) in [6.07, 6.45) is -3.73. The molecule has 0 heterocycles. The van der Waals surface area contributed by atoms with Crippen LogP contribution < -0.4 is 9.03 Å². The lowest BCUT2D eigenvalue weighted by molar-refractivity contribution is -0.139. The van der Waals surface area contributed by atoms with E-state index < -0.39 is 41.1 Å². The molecule has 0 aliphatic carbocycles. The number of carboxylic acids is 1. The quantitative estimate of drug-likeness (QED) is 0.541. The van der Waals surface area contributed by atoms with Crippen LogP contribution in [0, 0.1) is 0 Å². The van der Waals surface area contributed by atoms with E-state index in [-0.39, 0.29) is 24.1 Å². The second-order valence-corrected chi connectivity index (χ2v) is 7.09. The molecular formula is C16H21FN2O8S. The fourth-order valence-corrected chi connectivity index (χ4v) is 3.23. The highest BCUT2D eigenvalue weighted by Crippen LogP contribution is 2.23. The Morgan fingerprint density at radius 3 is 2.50 bits per heavy atom. The van der Waals surface area contributed by atoms with Gasteiger partial charge in [-0.05, 0) is 18.1 Å². The van der Waals surface area contributed by atoms with Gasteiger partial charge in [-0.3, -0.25) is 9.59 Å². The molecule has 28 heavy (non-hydrogen) atoms. The normalized spacial score (nSPS) is 12.0. The van der Waals surface area contributed by atoms with Gasteiger partial charge in [0, 0.05) is 6.42 Å². The van der Waals surface area contributed by atoms with Crippen LogP contribution in [0.4, 0.5) is 14.9 Å². The van der Waals surface area contributed by atoms with Crippen molar-refractivity contribution in [1.82, 2.24) is 4.72 Å². The van der Waals surface area contributed by atoms with Crippen LogP contribution in [0.3, 0.4) is 0 Å².